The number of hydrogen-bond donors (Lipinski definition) is 1. The van der Waals surface area contributed by atoms with Crippen molar-refractivity contribution in [2.24, 2.45) is 0 Å². The van der Waals surface area contributed by atoms with Crippen LogP contribution >= 0.6 is 0 Å². The van der Waals surface area contributed by atoms with Crippen LogP contribution in [0.25, 0.3) is 0 Å². The van der Waals surface area contributed by atoms with E-state index in [1.54, 1.807) is 0 Å². The molecule has 0 saturated carbocycles. The lowest BCUT2D eigenvalue weighted by molar-refractivity contribution is 0.0490. The minimum absolute atomic E-state index is 0.704. The van der Waals surface area contributed by atoms with E-state index in [0.717, 1.165) is 39.3 Å². The van der Waals surface area contributed by atoms with Crippen LogP contribution in [0.1, 0.15) is 13.3 Å². The maximum atomic E-state index is 5.39. The maximum Gasteiger partial charge on any atom is 0.0701 e. The molecular formula is C11H26N2O2. The Morgan fingerprint density at radius 3 is 2.20 bits per heavy atom. The second kappa shape index (κ2) is 11.9. The van der Waals surface area contributed by atoms with Crippen molar-refractivity contribution in [3.63, 3.8) is 0 Å². The SMILES string of the molecule is CCCOCCOCCNCCN(C)C. The highest BCUT2D eigenvalue weighted by molar-refractivity contribution is 4.49. The summed E-state index contributed by atoms with van der Waals surface area (Å²) in [6.07, 6.45) is 1.08. The topological polar surface area (TPSA) is 33.7 Å². The molecule has 0 fully saturated rings. The number of nitrogens with zero attached hydrogens (tertiary/aromatic N) is 1. The van der Waals surface area contributed by atoms with Crippen LogP contribution in [0.2, 0.25) is 0 Å². The molecule has 0 atom stereocenters. The van der Waals surface area contributed by atoms with Gasteiger partial charge in [0.15, 0.2) is 0 Å². The van der Waals surface area contributed by atoms with Gasteiger partial charge in [0.2, 0.25) is 0 Å². The van der Waals surface area contributed by atoms with Crippen LogP contribution in [-0.4, -0.2) is 65.1 Å². The molecule has 0 aliphatic rings. The quantitative estimate of drug-likeness (QED) is 0.514. The van der Waals surface area contributed by atoms with Gasteiger partial charge in [-0.2, -0.15) is 0 Å². The fourth-order valence-corrected chi connectivity index (χ4v) is 1.04. The first-order valence-corrected chi connectivity index (χ1v) is 5.78. The minimum atomic E-state index is 0.704. The summed E-state index contributed by atoms with van der Waals surface area (Å²) in [4.78, 5) is 2.16. The van der Waals surface area contributed by atoms with Gasteiger partial charge in [-0.1, -0.05) is 6.92 Å². The third kappa shape index (κ3) is 13.8. The third-order valence-corrected chi connectivity index (χ3v) is 1.88. The lowest BCUT2D eigenvalue weighted by Gasteiger charge is -2.10. The van der Waals surface area contributed by atoms with Gasteiger partial charge in [-0.05, 0) is 20.5 Å². The standard InChI is InChI=1S/C11H26N2O2/c1-4-8-14-10-11-15-9-6-12-5-7-13(2)3/h12H,4-11H2,1-3H3. The molecular weight excluding hydrogens is 192 g/mol. The largest absolute Gasteiger partial charge is 0.379 e. The zero-order valence-electron chi connectivity index (χ0n) is 10.4. The molecule has 0 spiro atoms. The highest BCUT2D eigenvalue weighted by Crippen LogP contribution is 1.81. The second-order valence-electron chi connectivity index (χ2n) is 3.78. The number of hydrogen-bond acceptors (Lipinski definition) is 4. The fourth-order valence-electron chi connectivity index (χ4n) is 1.04. The average molecular weight is 218 g/mol. The molecule has 1 N–H and O–H groups in total. The van der Waals surface area contributed by atoms with Gasteiger partial charge in [0.25, 0.3) is 0 Å². The van der Waals surface area contributed by atoms with Gasteiger partial charge >= 0.3 is 0 Å². The van der Waals surface area contributed by atoms with Gasteiger partial charge in [-0.15, -0.1) is 0 Å². The monoisotopic (exact) mass is 218 g/mol. The van der Waals surface area contributed by atoms with E-state index in [1.165, 1.54) is 0 Å². The first-order valence-electron chi connectivity index (χ1n) is 5.78. The zero-order valence-corrected chi connectivity index (χ0v) is 10.4. The maximum absolute atomic E-state index is 5.39. The molecule has 0 aromatic rings. The summed E-state index contributed by atoms with van der Waals surface area (Å²) in [7, 11) is 4.15. The molecule has 4 nitrogen and oxygen atoms in total. The van der Waals surface area contributed by atoms with E-state index < -0.39 is 0 Å². The summed E-state index contributed by atoms with van der Waals surface area (Å²) < 4.78 is 10.7. The average Bonchev–Trinajstić information content (AvgIpc) is 2.20. The summed E-state index contributed by atoms with van der Waals surface area (Å²) in [5.74, 6) is 0. The molecule has 0 heterocycles. The summed E-state index contributed by atoms with van der Waals surface area (Å²) in [6.45, 7) is 8.13. The highest BCUT2D eigenvalue weighted by Gasteiger charge is 1.91. The van der Waals surface area contributed by atoms with Gasteiger partial charge in [0.05, 0.1) is 19.8 Å². The van der Waals surface area contributed by atoms with Gasteiger partial charge in [0.1, 0.15) is 0 Å². The summed E-state index contributed by atoms with van der Waals surface area (Å²) in [5, 5.41) is 3.31. The molecule has 0 aliphatic heterocycles. The first-order chi connectivity index (χ1) is 7.27. The molecule has 0 amide bonds. The Balaban J connectivity index is 2.87. The van der Waals surface area contributed by atoms with Crippen molar-refractivity contribution in [1.82, 2.24) is 10.2 Å². The van der Waals surface area contributed by atoms with E-state index in [0.29, 0.717) is 13.2 Å². The van der Waals surface area contributed by atoms with E-state index in [1.807, 2.05) is 0 Å². The van der Waals surface area contributed by atoms with Crippen LogP contribution in [0.15, 0.2) is 0 Å². The van der Waals surface area contributed by atoms with Crippen molar-refractivity contribution in [3.8, 4) is 0 Å². The highest BCUT2D eigenvalue weighted by atomic mass is 16.5. The second-order valence-corrected chi connectivity index (χ2v) is 3.78. The molecule has 92 valence electrons. The first kappa shape index (κ1) is 14.8. The molecule has 0 radical (unpaired) electrons. The van der Waals surface area contributed by atoms with E-state index in [9.17, 15) is 0 Å². The van der Waals surface area contributed by atoms with E-state index in [2.05, 4.69) is 31.2 Å². The number of nitrogens with one attached hydrogen (secondary N) is 1. The molecule has 15 heavy (non-hydrogen) atoms. The van der Waals surface area contributed by atoms with Crippen molar-refractivity contribution in [2.45, 2.75) is 13.3 Å². The van der Waals surface area contributed by atoms with Crippen LogP contribution in [0.3, 0.4) is 0 Å². The van der Waals surface area contributed by atoms with Gasteiger partial charge in [-0.3, -0.25) is 0 Å². The van der Waals surface area contributed by atoms with Crippen LogP contribution < -0.4 is 5.32 Å². The van der Waals surface area contributed by atoms with Gasteiger partial charge in [-0.25, -0.2) is 0 Å². The Bertz CT molecular complexity index is 121. The van der Waals surface area contributed by atoms with E-state index >= 15 is 0 Å². The number of likely N-dealkylation sites (N-methyl/N-ethyl adjacent to an activating group) is 1. The van der Waals surface area contributed by atoms with E-state index in [4.69, 9.17) is 9.47 Å². The van der Waals surface area contributed by atoms with Crippen LogP contribution in [0.5, 0.6) is 0 Å². The summed E-state index contributed by atoms with van der Waals surface area (Å²) in [6, 6.07) is 0. The fraction of sp³-hybridized carbons (Fsp3) is 1.00. The van der Waals surface area contributed by atoms with Crippen molar-refractivity contribution in [3.05, 3.63) is 0 Å². The Kier molecular flexibility index (Phi) is 11.8. The lowest BCUT2D eigenvalue weighted by atomic mass is 10.5. The van der Waals surface area contributed by atoms with Crippen LogP contribution in [0.4, 0.5) is 0 Å². The Morgan fingerprint density at radius 1 is 0.933 bits per heavy atom. The van der Waals surface area contributed by atoms with Crippen LogP contribution in [-0.2, 0) is 9.47 Å². The Hall–Kier alpha value is -0.160. The predicted molar refractivity (Wildman–Crippen MR) is 63.4 cm³/mol. The minimum Gasteiger partial charge on any atom is -0.379 e. The molecule has 0 aromatic carbocycles. The van der Waals surface area contributed by atoms with Crippen molar-refractivity contribution in [2.75, 3.05) is 60.2 Å². The predicted octanol–water partition coefficient (Wildman–Crippen LogP) is 0.581. The smallest absolute Gasteiger partial charge is 0.0701 e. The Labute approximate surface area is 93.9 Å². The molecule has 0 aliphatic carbocycles. The number of rotatable bonds is 11. The molecule has 0 aromatic heterocycles. The normalized spacial score (nSPS) is 11.2. The number of ether oxygens (including phenoxy) is 2. The molecule has 0 saturated heterocycles. The lowest BCUT2D eigenvalue weighted by Crippen LogP contribution is -2.29. The van der Waals surface area contributed by atoms with Crippen molar-refractivity contribution < 1.29 is 9.47 Å². The Morgan fingerprint density at radius 2 is 1.60 bits per heavy atom. The van der Waals surface area contributed by atoms with Gasteiger partial charge in [0, 0.05) is 26.2 Å². The van der Waals surface area contributed by atoms with Crippen molar-refractivity contribution >= 4 is 0 Å². The molecule has 4 heteroatoms. The summed E-state index contributed by atoms with van der Waals surface area (Å²) >= 11 is 0. The summed E-state index contributed by atoms with van der Waals surface area (Å²) in [5.41, 5.74) is 0. The molecule has 0 bridgehead atoms. The zero-order chi connectivity index (χ0) is 11.4. The third-order valence-electron chi connectivity index (χ3n) is 1.88. The van der Waals surface area contributed by atoms with E-state index in [-0.39, 0.29) is 0 Å². The molecule has 0 rings (SSSR count). The van der Waals surface area contributed by atoms with Crippen LogP contribution in [0, 0.1) is 0 Å². The van der Waals surface area contributed by atoms with Gasteiger partial charge < -0.3 is 19.7 Å². The molecule has 0 unspecified atom stereocenters. The van der Waals surface area contributed by atoms with Crippen molar-refractivity contribution in [1.29, 1.82) is 0 Å².